The molecule has 4 atom stereocenters. The number of anilines is 2. The highest BCUT2D eigenvalue weighted by atomic mass is 35.5. The first-order valence-electron chi connectivity index (χ1n) is 13.4. The van der Waals surface area contributed by atoms with Crippen LogP contribution in [-0.4, -0.2) is 115 Å². The number of Topliss-reactive ketones (excluding diaryl/α,β-unsaturated/α-hetero) is 2. The van der Waals surface area contributed by atoms with E-state index >= 15 is 0 Å². The number of amides is 2. The summed E-state index contributed by atoms with van der Waals surface area (Å²) < 4.78 is 4.94. The maximum absolute atomic E-state index is 14.0. The normalized spacial score (nSPS) is 24.1. The number of rotatable bonds is 9. The van der Waals surface area contributed by atoms with Gasteiger partial charge in [0.1, 0.15) is 22.8 Å². The average molecular weight is 661 g/mol. The molecule has 3 aliphatic rings. The van der Waals surface area contributed by atoms with Gasteiger partial charge in [-0.25, -0.2) is 0 Å². The molecule has 8 N–H and O–H groups in total. The van der Waals surface area contributed by atoms with E-state index in [2.05, 4.69) is 10.6 Å². The van der Waals surface area contributed by atoms with Crippen LogP contribution in [0, 0.1) is 11.8 Å². The lowest BCUT2D eigenvalue weighted by atomic mass is 9.57. The first-order valence-corrected chi connectivity index (χ1v) is 13.4. The molecule has 0 aromatic heterocycles. The molecular formula is C28H39Cl2N5O9. The molecule has 16 heteroatoms. The summed E-state index contributed by atoms with van der Waals surface area (Å²) in [6.45, 7) is 0.724. The number of likely N-dealkylation sites (N-methyl/N-ethyl adjacent to an activating group) is 1. The molecule has 2 unspecified atom stereocenters. The Balaban J connectivity index is 0.00000337. The van der Waals surface area contributed by atoms with Crippen LogP contribution in [-0.2, 0) is 30.3 Å². The second kappa shape index (κ2) is 13.7. The molecule has 244 valence electrons. The molecule has 0 bridgehead atoms. The van der Waals surface area contributed by atoms with Gasteiger partial charge >= 0.3 is 0 Å². The van der Waals surface area contributed by atoms with Gasteiger partial charge in [-0.3, -0.25) is 24.1 Å². The van der Waals surface area contributed by atoms with Gasteiger partial charge < -0.3 is 46.4 Å². The highest BCUT2D eigenvalue weighted by molar-refractivity contribution is 6.24. The highest BCUT2D eigenvalue weighted by Crippen LogP contribution is 2.54. The number of phenolic OH excluding ortho intramolecular Hbond substituents is 1. The Morgan fingerprint density at radius 3 is 2.32 bits per heavy atom. The van der Waals surface area contributed by atoms with Crippen molar-refractivity contribution in [1.29, 1.82) is 0 Å². The minimum Gasteiger partial charge on any atom is -0.508 e. The van der Waals surface area contributed by atoms with E-state index in [1.54, 1.807) is 39.2 Å². The minimum atomic E-state index is -2.73. The van der Waals surface area contributed by atoms with E-state index < -0.39 is 69.7 Å². The van der Waals surface area contributed by atoms with Gasteiger partial charge in [-0.1, -0.05) is 0 Å². The molecule has 0 aliphatic heterocycles. The lowest BCUT2D eigenvalue weighted by molar-refractivity contribution is -0.153. The maximum Gasteiger partial charge on any atom is 0.255 e. The Kier molecular flexibility index (Phi) is 11.5. The molecule has 1 aromatic carbocycles. The van der Waals surface area contributed by atoms with Crippen LogP contribution in [0.4, 0.5) is 11.4 Å². The van der Waals surface area contributed by atoms with E-state index in [0.717, 1.165) is 0 Å². The fraction of sp³-hybridized carbons (Fsp3) is 0.500. The molecule has 1 aromatic rings. The van der Waals surface area contributed by atoms with E-state index in [0.29, 0.717) is 24.4 Å². The van der Waals surface area contributed by atoms with Gasteiger partial charge in [-0.15, -0.1) is 24.8 Å². The Morgan fingerprint density at radius 2 is 1.77 bits per heavy atom. The third-order valence-corrected chi connectivity index (χ3v) is 8.22. The van der Waals surface area contributed by atoms with E-state index in [-0.39, 0.29) is 61.0 Å². The number of primary amides is 1. The van der Waals surface area contributed by atoms with Crippen molar-refractivity contribution in [3.05, 3.63) is 34.1 Å². The van der Waals surface area contributed by atoms with Crippen LogP contribution in [0.5, 0.6) is 5.75 Å². The van der Waals surface area contributed by atoms with Crippen molar-refractivity contribution < 1.29 is 44.3 Å². The van der Waals surface area contributed by atoms with Crippen LogP contribution in [0.1, 0.15) is 17.5 Å². The molecule has 14 nitrogen and oxygen atoms in total. The van der Waals surface area contributed by atoms with Crippen LogP contribution >= 0.6 is 24.8 Å². The van der Waals surface area contributed by atoms with Crippen molar-refractivity contribution in [2.45, 2.75) is 24.5 Å². The summed E-state index contributed by atoms with van der Waals surface area (Å²) in [5, 5.41) is 51.0. The number of halogens is 2. The van der Waals surface area contributed by atoms with Crippen LogP contribution in [0.2, 0.25) is 0 Å². The third-order valence-electron chi connectivity index (χ3n) is 8.22. The largest absolute Gasteiger partial charge is 0.508 e. The average Bonchev–Trinajstić information content (AvgIpc) is 2.89. The number of ketones is 2. The number of fused-ring (bicyclic) bond motifs is 3. The molecule has 0 heterocycles. The Hall–Kier alpha value is -3.40. The number of benzene rings is 1. The van der Waals surface area contributed by atoms with Gasteiger partial charge in [0, 0.05) is 44.9 Å². The predicted molar refractivity (Wildman–Crippen MR) is 166 cm³/mol. The van der Waals surface area contributed by atoms with Crippen LogP contribution < -0.4 is 21.3 Å². The molecule has 4 rings (SSSR count). The highest BCUT2D eigenvalue weighted by Gasteiger charge is 2.64. The molecule has 3 aliphatic carbocycles. The van der Waals surface area contributed by atoms with Crippen molar-refractivity contribution in [2.75, 3.05) is 65.2 Å². The first-order chi connectivity index (χ1) is 19.7. The number of phenols is 1. The summed E-state index contributed by atoms with van der Waals surface area (Å²) in [5.74, 6) is -7.87. The van der Waals surface area contributed by atoms with Crippen LogP contribution in [0.15, 0.2) is 23.0 Å². The number of hydrogen-bond acceptors (Lipinski definition) is 12. The lowest BCUT2D eigenvalue weighted by Gasteiger charge is -2.50. The summed E-state index contributed by atoms with van der Waals surface area (Å²) >= 11 is 0. The van der Waals surface area contributed by atoms with Gasteiger partial charge in [0.2, 0.25) is 11.7 Å². The van der Waals surface area contributed by atoms with Crippen molar-refractivity contribution in [1.82, 2.24) is 10.2 Å². The van der Waals surface area contributed by atoms with Crippen LogP contribution in [0.3, 0.4) is 0 Å². The summed E-state index contributed by atoms with van der Waals surface area (Å²) in [5.41, 5.74) is 2.39. The number of carbonyl (C=O) groups excluding carboxylic acids is 4. The zero-order valence-corrected chi connectivity index (χ0v) is 26.6. The summed E-state index contributed by atoms with van der Waals surface area (Å²) in [7, 11) is 8.08. The van der Waals surface area contributed by atoms with Crippen molar-refractivity contribution in [3.8, 4) is 5.75 Å². The molecular weight excluding hydrogens is 621 g/mol. The molecule has 0 spiro atoms. The number of ether oxygens (including phenoxy) is 1. The van der Waals surface area contributed by atoms with E-state index in [1.807, 2.05) is 0 Å². The standard InChI is InChI=1S/C28H37N5O9.2ClH/c1-32(2)16-10-15(31-17(34)11-30-6-7-42-5)22(35)19-13(16)8-12-9-14-21(33(3)4)24(37)20(27(29)40)26(39)28(14,41)25(38)18(12)23(19)36;;/h10,12,14,21,30,35-36,39,41H,6-9,11H2,1-5H3,(H2,29,40)(H,31,34);2*1H/t12?,14?,21-,28-;;/m0../s1. The molecule has 44 heavy (non-hydrogen) atoms. The number of aromatic hydroxyl groups is 1. The number of nitrogens with zero attached hydrogens (tertiary/aromatic N) is 2. The first kappa shape index (κ1) is 36.8. The number of carbonyl (C=O) groups is 4. The summed E-state index contributed by atoms with van der Waals surface area (Å²) in [4.78, 5) is 55.1. The number of aliphatic hydroxyl groups is 3. The summed E-state index contributed by atoms with van der Waals surface area (Å²) in [6.07, 6.45) is 0.105. The zero-order valence-electron chi connectivity index (χ0n) is 25.0. The molecule has 0 saturated heterocycles. The van der Waals surface area contributed by atoms with E-state index in [9.17, 15) is 39.6 Å². The molecule has 1 fully saturated rings. The monoisotopic (exact) mass is 659 g/mol. The van der Waals surface area contributed by atoms with Crippen LogP contribution in [0.25, 0.3) is 5.76 Å². The Labute approximate surface area is 266 Å². The fourth-order valence-corrected chi connectivity index (χ4v) is 6.36. The smallest absolute Gasteiger partial charge is 0.255 e. The summed E-state index contributed by atoms with van der Waals surface area (Å²) in [6, 6.07) is 0.389. The van der Waals surface area contributed by atoms with Crippen molar-refractivity contribution in [2.24, 2.45) is 17.6 Å². The SMILES string of the molecule is COCCNCC(=O)Nc1cc(N(C)C)c2c(c1O)C(O)=C1C(=O)[C@]3(O)C(O)=C(C(N)=O)C(=O)[C@@H](N(C)C)C3CC1C2.Cl.Cl. The van der Waals surface area contributed by atoms with Gasteiger partial charge in [0.15, 0.2) is 11.4 Å². The topological polar surface area (TPSA) is 215 Å². The van der Waals surface area contributed by atoms with Gasteiger partial charge in [-0.05, 0) is 44.5 Å². The molecule has 0 radical (unpaired) electrons. The van der Waals surface area contributed by atoms with Crippen molar-refractivity contribution in [3.63, 3.8) is 0 Å². The second-order valence-corrected chi connectivity index (χ2v) is 11.2. The fourth-order valence-electron chi connectivity index (χ4n) is 6.36. The number of methoxy groups -OCH3 is 1. The number of aliphatic hydroxyl groups excluding tert-OH is 2. The predicted octanol–water partition coefficient (Wildman–Crippen LogP) is 0.0481. The minimum absolute atomic E-state index is 0. The van der Waals surface area contributed by atoms with Gasteiger partial charge in [-0.2, -0.15) is 0 Å². The number of hydrogen-bond donors (Lipinski definition) is 7. The second-order valence-electron chi connectivity index (χ2n) is 11.2. The number of nitrogens with one attached hydrogen (secondary N) is 2. The molecule has 2 amide bonds. The third kappa shape index (κ3) is 5.85. The lowest BCUT2D eigenvalue weighted by Crippen LogP contribution is -2.65. The molecule has 1 saturated carbocycles. The quantitative estimate of drug-likeness (QED) is 0.106. The maximum atomic E-state index is 14.0. The Morgan fingerprint density at radius 1 is 1.14 bits per heavy atom. The van der Waals surface area contributed by atoms with Gasteiger partial charge in [0.05, 0.1) is 30.4 Å². The van der Waals surface area contributed by atoms with E-state index in [4.69, 9.17) is 10.5 Å². The number of nitrogens with two attached hydrogens (primary N) is 1. The van der Waals surface area contributed by atoms with Crippen molar-refractivity contribution >= 4 is 65.3 Å². The van der Waals surface area contributed by atoms with Gasteiger partial charge in [0.25, 0.3) is 5.91 Å². The zero-order chi connectivity index (χ0) is 31.3. The van der Waals surface area contributed by atoms with E-state index in [1.165, 1.54) is 12.0 Å². The Bertz CT molecular complexity index is 1430.